The first-order valence-corrected chi connectivity index (χ1v) is 7.10. The summed E-state index contributed by atoms with van der Waals surface area (Å²) in [6.45, 7) is 5.06. The van der Waals surface area contributed by atoms with E-state index in [0.717, 1.165) is 11.5 Å². The van der Waals surface area contributed by atoms with Crippen LogP contribution in [0, 0.1) is 5.92 Å². The second-order valence-corrected chi connectivity index (χ2v) is 5.50. The van der Waals surface area contributed by atoms with Gasteiger partial charge in [-0.2, -0.15) is 0 Å². The Morgan fingerprint density at radius 2 is 1.50 bits per heavy atom. The van der Waals surface area contributed by atoms with E-state index in [1.54, 1.807) is 0 Å². The highest BCUT2D eigenvalue weighted by molar-refractivity contribution is 5.95. The highest BCUT2D eigenvalue weighted by Gasteiger charge is 2.22. The van der Waals surface area contributed by atoms with Crippen molar-refractivity contribution in [1.29, 1.82) is 0 Å². The number of aliphatic imine (C=N–C) groups is 1. The van der Waals surface area contributed by atoms with Crippen molar-refractivity contribution in [3.8, 4) is 11.1 Å². The maximum Gasteiger partial charge on any atom is 0.216 e. The molecule has 102 valence electrons. The molecule has 0 aliphatic carbocycles. The van der Waals surface area contributed by atoms with Crippen LogP contribution in [-0.2, 0) is 4.74 Å². The minimum Gasteiger partial charge on any atom is -0.475 e. The highest BCUT2D eigenvalue weighted by Crippen LogP contribution is 2.22. The Morgan fingerprint density at radius 1 is 0.900 bits per heavy atom. The number of rotatable bonds is 3. The fourth-order valence-corrected chi connectivity index (χ4v) is 2.32. The third-order valence-corrected chi connectivity index (χ3v) is 3.68. The second-order valence-electron chi connectivity index (χ2n) is 5.50. The first kappa shape index (κ1) is 12.9. The summed E-state index contributed by atoms with van der Waals surface area (Å²) in [5.74, 6) is 1.31. The zero-order valence-electron chi connectivity index (χ0n) is 11.9. The Morgan fingerprint density at radius 3 is 2.10 bits per heavy atom. The Bertz CT molecular complexity index is 599. The Labute approximate surface area is 120 Å². The predicted molar refractivity (Wildman–Crippen MR) is 83.0 cm³/mol. The topological polar surface area (TPSA) is 21.6 Å². The van der Waals surface area contributed by atoms with Gasteiger partial charge in [0, 0.05) is 5.56 Å². The van der Waals surface area contributed by atoms with Crippen LogP contribution in [-0.4, -0.2) is 18.5 Å². The number of benzene rings is 2. The number of hydrogen-bond acceptors (Lipinski definition) is 2. The number of hydrogen-bond donors (Lipinski definition) is 0. The molecule has 1 aliphatic heterocycles. The fourth-order valence-electron chi connectivity index (χ4n) is 2.32. The standard InChI is InChI=1S/C18H19NO/c1-13(2)17-12-20-18(19-17)16-10-8-15(9-11-16)14-6-4-3-5-7-14/h3-11,13,17H,12H2,1-2H3/t17-/m1/s1. The van der Waals surface area contributed by atoms with E-state index in [1.807, 2.05) is 6.07 Å². The summed E-state index contributed by atoms with van der Waals surface area (Å²) in [5, 5.41) is 0. The molecule has 0 fully saturated rings. The maximum absolute atomic E-state index is 5.71. The van der Waals surface area contributed by atoms with E-state index in [0.29, 0.717) is 18.6 Å². The van der Waals surface area contributed by atoms with Crippen LogP contribution in [0.4, 0.5) is 0 Å². The highest BCUT2D eigenvalue weighted by atomic mass is 16.5. The van der Waals surface area contributed by atoms with Crippen LogP contribution in [0.25, 0.3) is 11.1 Å². The largest absolute Gasteiger partial charge is 0.475 e. The molecule has 3 rings (SSSR count). The first-order chi connectivity index (χ1) is 9.74. The third kappa shape index (κ3) is 2.60. The van der Waals surface area contributed by atoms with Crippen LogP contribution in [0.5, 0.6) is 0 Å². The molecule has 0 saturated carbocycles. The van der Waals surface area contributed by atoms with Gasteiger partial charge in [-0.1, -0.05) is 56.3 Å². The normalized spacial score (nSPS) is 17.9. The molecule has 20 heavy (non-hydrogen) atoms. The van der Waals surface area contributed by atoms with E-state index >= 15 is 0 Å². The van der Waals surface area contributed by atoms with Crippen LogP contribution in [0.3, 0.4) is 0 Å². The zero-order chi connectivity index (χ0) is 13.9. The van der Waals surface area contributed by atoms with Crippen molar-refractivity contribution >= 4 is 5.90 Å². The average Bonchev–Trinajstić information content (AvgIpc) is 2.98. The van der Waals surface area contributed by atoms with Crippen molar-refractivity contribution < 1.29 is 4.74 Å². The van der Waals surface area contributed by atoms with Gasteiger partial charge < -0.3 is 4.74 Å². The molecule has 2 aromatic carbocycles. The van der Waals surface area contributed by atoms with E-state index in [4.69, 9.17) is 4.74 Å². The molecule has 1 heterocycles. The van der Waals surface area contributed by atoms with Gasteiger partial charge in [-0.15, -0.1) is 0 Å². The summed E-state index contributed by atoms with van der Waals surface area (Å²) in [4.78, 5) is 4.65. The summed E-state index contributed by atoms with van der Waals surface area (Å²) in [6.07, 6.45) is 0. The molecule has 0 N–H and O–H groups in total. The summed E-state index contributed by atoms with van der Waals surface area (Å²) < 4.78 is 5.71. The van der Waals surface area contributed by atoms with Gasteiger partial charge in [-0.3, -0.25) is 0 Å². The lowest BCUT2D eigenvalue weighted by atomic mass is 10.0. The van der Waals surface area contributed by atoms with Gasteiger partial charge in [0.1, 0.15) is 6.61 Å². The van der Waals surface area contributed by atoms with E-state index in [-0.39, 0.29) is 0 Å². The Balaban J connectivity index is 1.82. The average molecular weight is 265 g/mol. The maximum atomic E-state index is 5.71. The van der Waals surface area contributed by atoms with Crippen molar-refractivity contribution in [2.45, 2.75) is 19.9 Å². The number of nitrogens with zero attached hydrogens (tertiary/aromatic N) is 1. The molecule has 0 unspecified atom stereocenters. The molecular formula is C18H19NO. The summed E-state index contributed by atoms with van der Waals surface area (Å²) >= 11 is 0. The second kappa shape index (κ2) is 5.49. The van der Waals surface area contributed by atoms with Crippen LogP contribution >= 0.6 is 0 Å². The van der Waals surface area contributed by atoms with Gasteiger partial charge in [-0.25, -0.2) is 4.99 Å². The molecule has 0 radical (unpaired) electrons. The van der Waals surface area contributed by atoms with Gasteiger partial charge in [0.05, 0.1) is 6.04 Å². The SMILES string of the molecule is CC(C)[C@H]1COC(c2ccc(-c3ccccc3)cc2)=N1. The van der Waals surface area contributed by atoms with Gasteiger partial charge in [0.15, 0.2) is 0 Å². The van der Waals surface area contributed by atoms with Gasteiger partial charge in [0.2, 0.25) is 5.90 Å². The van der Waals surface area contributed by atoms with Gasteiger partial charge in [-0.05, 0) is 29.2 Å². The molecule has 0 spiro atoms. The smallest absolute Gasteiger partial charge is 0.216 e. The molecule has 0 saturated heterocycles. The lowest BCUT2D eigenvalue weighted by Crippen LogP contribution is -2.13. The zero-order valence-corrected chi connectivity index (χ0v) is 11.9. The predicted octanol–water partition coefficient (Wildman–Crippen LogP) is 4.16. The molecule has 0 amide bonds. The van der Waals surface area contributed by atoms with E-state index in [2.05, 4.69) is 67.4 Å². The molecule has 1 atom stereocenters. The van der Waals surface area contributed by atoms with Crippen LogP contribution in [0.2, 0.25) is 0 Å². The van der Waals surface area contributed by atoms with E-state index in [1.165, 1.54) is 11.1 Å². The molecule has 2 nitrogen and oxygen atoms in total. The number of ether oxygens (including phenoxy) is 1. The molecule has 0 bridgehead atoms. The quantitative estimate of drug-likeness (QED) is 0.816. The van der Waals surface area contributed by atoms with Crippen molar-refractivity contribution in [3.63, 3.8) is 0 Å². The molecule has 0 aromatic heterocycles. The van der Waals surface area contributed by atoms with E-state index in [9.17, 15) is 0 Å². The molecule has 2 aromatic rings. The van der Waals surface area contributed by atoms with Gasteiger partial charge in [0.25, 0.3) is 0 Å². The van der Waals surface area contributed by atoms with Crippen LogP contribution < -0.4 is 0 Å². The summed E-state index contributed by atoms with van der Waals surface area (Å²) in [7, 11) is 0. The molecule has 1 aliphatic rings. The lowest BCUT2D eigenvalue weighted by Gasteiger charge is -2.06. The Hall–Kier alpha value is -2.09. The molecule has 2 heteroatoms. The van der Waals surface area contributed by atoms with Crippen molar-refractivity contribution in [1.82, 2.24) is 0 Å². The fraction of sp³-hybridized carbons (Fsp3) is 0.278. The van der Waals surface area contributed by atoms with Crippen LogP contribution in [0.15, 0.2) is 59.6 Å². The lowest BCUT2D eigenvalue weighted by molar-refractivity contribution is 0.292. The van der Waals surface area contributed by atoms with Crippen LogP contribution in [0.1, 0.15) is 19.4 Å². The summed E-state index contributed by atoms with van der Waals surface area (Å²) in [6, 6.07) is 19.1. The molecular weight excluding hydrogens is 246 g/mol. The summed E-state index contributed by atoms with van der Waals surface area (Å²) in [5.41, 5.74) is 3.51. The van der Waals surface area contributed by atoms with Crippen molar-refractivity contribution in [2.75, 3.05) is 6.61 Å². The third-order valence-electron chi connectivity index (χ3n) is 3.68. The monoisotopic (exact) mass is 265 g/mol. The van der Waals surface area contributed by atoms with Gasteiger partial charge >= 0.3 is 0 Å². The van der Waals surface area contributed by atoms with Crippen molar-refractivity contribution in [3.05, 3.63) is 60.2 Å². The first-order valence-electron chi connectivity index (χ1n) is 7.10. The minimum atomic E-state index is 0.291. The van der Waals surface area contributed by atoms with Crippen molar-refractivity contribution in [2.24, 2.45) is 10.9 Å². The van der Waals surface area contributed by atoms with E-state index < -0.39 is 0 Å². The Kier molecular flexibility index (Phi) is 3.55. The minimum absolute atomic E-state index is 0.291.